The van der Waals surface area contributed by atoms with E-state index in [9.17, 15) is 9.35 Å². The first-order valence-corrected chi connectivity index (χ1v) is 4.63. The molecule has 2 atom stereocenters. The topological polar surface area (TPSA) is 58.9 Å². The maximum absolute atomic E-state index is 10.9. The second-order valence-corrected chi connectivity index (χ2v) is 3.82. The van der Waals surface area contributed by atoms with E-state index < -0.39 is 22.4 Å². The summed E-state index contributed by atoms with van der Waals surface area (Å²) >= 11 is -0.882. The van der Waals surface area contributed by atoms with E-state index in [1.807, 2.05) is 0 Å². The highest BCUT2D eigenvalue weighted by Crippen LogP contribution is 2.07. The van der Waals surface area contributed by atoms with Gasteiger partial charge in [-0.2, -0.15) is 4.55 Å². The maximum Gasteiger partial charge on any atom is 0.368 e. The number of aliphatic imine (C=N–C) groups is 1. The number of hydrogen-bond donors (Lipinski definition) is 1. The van der Waals surface area contributed by atoms with Crippen LogP contribution in [0.3, 0.4) is 0 Å². The molecule has 62 valence electrons. The van der Waals surface area contributed by atoms with Gasteiger partial charge in [0, 0.05) is 0 Å². The maximum atomic E-state index is 10.9. The Morgan fingerprint density at radius 1 is 1.91 bits per heavy atom. The molecule has 0 saturated carbocycles. The zero-order valence-corrected chi connectivity index (χ0v) is 7.00. The molecule has 0 amide bonds. The van der Waals surface area contributed by atoms with E-state index in [1.165, 1.54) is 13.3 Å². The van der Waals surface area contributed by atoms with Crippen molar-refractivity contribution in [2.24, 2.45) is 4.99 Å². The van der Waals surface area contributed by atoms with E-state index in [-0.39, 0.29) is 0 Å². The van der Waals surface area contributed by atoms with Gasteiger partial charge in [0.25, 0.3) is 5.25 Å². The standard InChI is InChI=1S/C6H10NO3S/c1-10-6(8)5-4-7-2-3-11(5)9/h4-5,9H,2-3H2,1H3/q+1/t5-,11?/m1/s1. The third kappa shape index (κ3) is 1.94. The Bertz CT molecular complexity index is 183. The Kier molecular flexibility index (Phi) is 2.90. The van der Waals surface area contributed by atoms with Crippen LogP contribution in [0.2, 0.25) is 0 Å². The Balaban J connectivity index is 2.61. The first kappa shape index (κ1) is 8.55. The van der Waals surface area contributed by atoms with Crippen LogP contribution in [0.5, 0.6) is 0 Å². The van der Waals surface area contributed by atoms with Crippen molar-refractivity contribution < 1.29 is 14.1 Å². The molecule has 5 heteroatoms. The fraction of sp³-hybridized carbons (Fsp3) is 0.667. The van der Waals surface area contributed by atoms with Crippen LogP contribution in [0, 0.1) is 0 Å². The van der Waals surface area contributed by atoms with Gasteiger partial charge >= 0.3 is 5.97 Å². The Labute approximate surface area is 67.8 Å². The average molecular weight is 176 g/mol. The van der Waals surface area contributed by atoms with Crippen molar-refractivity contribution >= 4 is 23.4 Å². The summed E-state index contributed by atoms with van der Waals surface area (Å²) in [4.78, 5) is 14.8. The number of carbonyl (C=O) groups excluding carboxylic acids is 1. The predicted octanol–water partition coefficient (Wildman–Crippen LogP) is -0.296. The lowest BCUT2D eigenvalue weighted by atomic mass is 10.4. The van der Waals surface area contributed by atoms with Gasteiger partial charge in [0.05, 0.1) is 19.9 Å². The molecule has 1 unspecified atom stereocenters. The number of nitrogens with zero attached hydrogens (tertiary/aromatic N) is 1. The Hall–Kier alpha value is -0.550. The molecule has 0 bridgehead atoms. The van der Waals surface area contributed by atoms with Gasteiger partial charge in [0.15, 0.2) is 16.9 Å². The van der Waals surface area contributed by atoms with E-state index >= 15 is 0 Å². The van der Waals surface area contributed by atoms with Crippen LogP contribution in [-0.2, 0) is 20.7 Å². The van der Waals surface area contributed by atoms with Crippen molar-refractivity contribution in [1.82, 2.24) is 0 Å². The van der Waals surface area contributed by atoms with Crippen molar-refractivity contribution in [2.75, 3.05) is 19.4 Å². The molecule has 0 aromatic carbocycles. The molecule has 1 heterocycles. The second-order valence-electron chi connectivity index (χ2n) is 2.10. The molecular weight excluding hydrogens is 166 g/mol. The first-order chi connectivity index (χ1) is 5.25. The monoisotopic (exact) mass is 176 g/mol. The summed E-state index contributed by atoms with van der Waals surface area (Å²) in [6.07, 6.45) is 1.47. The second kappa shape index (κ2) is 3.73. The normalized spacial score (nSPS) is 30.0. The molecule has 11 heavy (non-hydrogen) atoms. The minimum absolute atomic E-state index is 0.403. The van der Waals surface area contributed by atoms with Crippen molar-refractivity contribution in [2.45, 2.75) is 5.25 Å². The molecule has 1 rings (SSSR count). The molecule has 0 spiro atoms. The van der Waals surface area contributed by atoms with E-state index in [0.29, 0.717) is 12.3 Å². The van der Waals surface area contributed by atoms with Gasteiger partial charge in [0.2, 0.25) is 0 Å². The molecule has 1 aliphatic rings. The summed E-state index contributed by atoms with van der Waals surface area (Å²) in [6.45, 7) is 0.604. The molecular formula is C6H10NO3S+. The molecule has 0 fully saturated rings. The van der Waals surface area contributed by atoms with Crippen molar-refractivity contribution in [3.8, 4) is 0 Å². The SMILES string of the molecule is COC(=O)[C@H]1C=NCC[S+]1O. The molecule has 0 aromatic rings. The van der Waals surface area contributed by atoms with Crippen molar-refractivity contribution in [3.05, 3.63) is 0 Å². The summed E-state index contributed by atoms with van der Waals surface area (Å²) < 4.78 is 13.8. The van der Waals surface area contributed by atoms with Gasteiger partial charge in [-0.25, -0.2) is 4.79 Å². The molecule has 0 radical (unpaired) electrons. The zero-order chi connectivity index (χ0) is 8.27. The molecule has 0 aromatic heterocycles. The molecule has 1 N–H and O–H groups in total. The zero-order valence-electron chi connectivity index (χ0n) is 6.19. The van der Waals surface area contributed by atoms with E-state index in [4.69, 9.17) is 0 Å². The highest BCUT2D eigenvalue weighted by Gasteiger charge is 2.38. The van der Waals surface area contributed by atoms with Gasteiger partial charge in [-0.3, -0.25) is 4.99 Å². The summed E-state index contributed by atoms with van der Waals surface area (Å²) in [7, 11) is 1.31. The Morgan fingerprint density at radius 2 is 2.64 bits per heavy atom. The summed E-state index contributed by atoms with van der Waals surface area (Å²) in [5.74, 6) is 0.162. The summed E-state index contributed by atoms with van der Waals surface area (Å²) in [5, 5.41) is -0.534. The molecule has 4 nitrogen and oxygen atoms in total. The van der Waals surface area contributed by atoms with Crippen LogP contribution < -0.4 is 0 Å². The van der Waals surface area contributed by atoms with E-state index in [0.717, 1.165) is 0 Å². The number of ether oxygens (including phenoxy) is 1. The van der Waals surface area contributed by atoms with Gasteiger partial charge < -0.3 is 4.74 Å². The van der Waals surface area contributed by atoms with Crippen LogP contribution in [0.25, 0.3) is 0 Å². The quantitative estimate of drug-likeness (QED) is 0.441. The number of hydrogen-bond acceptors (Lipinski definition) is 4. The van der Waals surface area contributed by atoms with Crippen molar-refractivity contribution in [3.63, 3.8) is 0 Å². The third-order valence-corrected chi connectivity index (χ3v) is 2.90. The van der Waals surface area contributed by atoms with Crippen LogP contribution in [0.1, 0.15) is 0 Å². The molecule has 0 aliphatic carbocycles. The van der Waals surface area contributed by atoms with E-state index in [1.54, 1.807) is 0 Å². The smallest absolute Gasteiger partial charge is 0.368 e. The van der Waals surface area contributed by atoms with Gasteiger partial charge in [-0.15, -0.1) is 0 Å². The van der Waals surface area contributed by atoms with Gasteiger partial charge in [-0.05, 0) is 0 Å². The minimum Gasteiger partial charge on any atom is -0.465 e. The van der Waals surface area contributed by atoms with Crippen LogP contribution in [0.4, 0.5) is 0 Å². The summed E-state index contributed by atoms with van der Waals surface area (Å²) in [6, 6.07) is 0. The molecule has 1 aliphatic heterocycles. The largest absolute Gasteiger partial charge is 0.465 e. The predicted molar refractivity (Wildman–Crippen MR) is 44.0 cm³/mol. The average Bonchev–Trinajstić information content (AvgIpc) is 2.04. The van der Waals surface area contributed by atoms with Crippen LogP contribution in [-0.4, -0.2) is 41.4 Å². The molecule has 0 saturated heterocycles. The summed E-state index contributed by atoms with van der Waals surface area (Å²) in [5.41, 5.74) is 0. The lowest BCUT2D eigenvalue weighted by Gasteiger charge is -2.09. The third-order valence-electron chi connectivity index (χ3n) is 1.40. The highest BCUT2D eigenvalue weighted by atomic mass is 32.2. The highest BCUT2D eigenvalue weighted by molar-refractivity contribution is 7.93. The van der Waals surface area contributed by atoms with Crippen LogP contribution >= 0.6 is 0 Å². The first-order valence-electron chi connectivity index (χ1n) is 3.22. The minimum atomic E-state index is -0.882. The number of rotatable bonds is 1. The number of carbonyl (C=O) groups is 1. The van der Waals surface area contributed by atoms with Gasteiger partial charge in [-0.1, -0.05) is 0 Å². The van der Waals surface area contributed by atoms with E-state index in [2.05, 4.69) is 9.73 Å². The lowest BCUT2D eigenvalue weighted by Crippen LogP contribution is -2.37. The Morgan fingerprint density at radius 3 is 3.18 bits per heavy atom. The number of esters is 1. The van der Waals surface area contributed by atoms with Gasteiger partial charge in [0.1, 0.15) is 0 Å². The fourth-order valence-corrected chi connectivity index (χ4v) is 1.89. The number of methoxy groups -OCH3 is 1. The fourth-order valence-electron chi connectivity index (χ4n) is 0.802. The van der Waals surface area contributed by atoms with Crippen LogP contribution in [0.15, 0.2) is 4.99 Å². The lowest BCUT2D eigenvalue weighted by molar-refractivity contribution is -0.138. The van der Waals surface area contributed by atoms with Crippen molar-refractivity contribution in [1.29, 1.82) is 0 Å².